The van der Waals surface area contributed by atoms with Crippen molar-refractivity contribution in [3.05, 3.63) is 52.9 Å². The zero-order valence-electron chi connectivity index (χ0n) is 10.2. The number of aldehydes is 1. The van der Waals surface area contributed by atoms with Gasteiger partial charge in [0.1, 0.15) is 18.1 Å². The molecule has 1 N–H and O–H groups in total. The number of hydrogen-bond acceptors (Lipinski definition) is 5. The first-order valence-corrected chi connectivity index (χ1v) is 6.02. The summed E-state index contributed by atoms with van der Waals surface area (Å²) < 4.78 is 5.00. The molecule has 0 saturated heterocycles. The maximum Gasteiger partial charge on any atom is 0.413 e. The molecule has 1 aromatic heterocycles. The van der Waals surface area contributed by atoms with Crippen LogP contribution >= 0.6 is 11.6 Å². The summed E-state index contributed by atoms with van der Waals surface area (Å²) in [7, 11) is 0. The van der Waals surface area contributed by atoms with E-state index in [0.717, 1.165) is 11.9 Å². The van der Waals surface area contributed by atoms with E-state index in [0.29, 0.717) is 6.29 Å². The normalized spacial score (nSPS) is 9.85. The average molecular weight is 292 g/mol. The molecule has 6 nitrogen and oxygen atoms in total. The molecule has 0 saturated carbocycles. The highest BCUT2D eigenvalue weighted by Gasteiger charge is 2.12. The molecule has 2 rings (SSSR count). The smallest absolute Gasteiger partial charge is 0.413 e. The Labute approximate surface area is 119 Å². The van der Waals surface area contributed by atoms with Crippen molar-refractivity contribution in [1.82, 2.24) is 9.97 Å². The number of aromatic nitrogens is 2. The van der Waals surface area contributed by atoms with E-state index < -0.39 is 6.09 Å². The molecule has 2 aromatic rings. The number of ether oxygens (including phenoxy) is 1. The molecule has 0 spiro atoms. The van der Waals surface area contributed by atoms with Crippen LogP contribution in [0.3, 0.4) is 0 Å². The number of carbonyl (C=O) groups is 2. The van der Waals surface area contributed by atoms with Gasteiger partial charge in [0.05, 0.1) is 5.56 Å². The second kappa shape index (κ2) is 6.63. The lowest BCUT2D eigenvalue weighted by molar-refractivity contribution is 0.112. The highest BCUT2D eigenvalue weighted by atomic mass is 35.5. The van der Waals surface area contributed by atoms with Crippen LogP contribution in [0.4, 0.5) is 10.6 Å². The number of benzene rings is 1. The Balaban J connectivity index is 1.98. The van der Waals surface area contributed by atoms with Crippen molar-refractivity contribution in [2.24, 2.45) is 0 Å². The summed E-state index contributed by atoms with van der Waals surface area (Å²) in [5.74, 6) is 0.0121. The van der Waals surface area contributed by atoms with E-state index in [1.807, 2.05) is 30.3 Å². The van der Waals surface area contributed by atoms with Gasteiger partial charge in [0.15, 0.2) is 12.1 Å². The summed E-state index contributed by atoms with van der Waals surface area (Å²) in [6.07, 6.45) is 0.879. The Bertz CT molecular complexity index is 620. The Morgan fingerprint density at radius 2 is 2.05 bits per heavy atom. The third-order valence-corrected chi connectivity index (χ3v) is 2.69. The fourth-order valence-electron chi connectivity index (χ4n) is 1.43. The number of rotatable bonds is 4. The maximum absolute atomic E-state index is 11.6. The molecule has 0 unspecified atom stereocenters. The van der Waals surface area contributed by atoms with Gasteiger partial charge >= 0.3 is 6.09 Å². The minimum Gasteiger partial charge on any atom is -0.444 e. The zero-order valence-corrected chi connectivity index (χ0v) is 11.0. The summed E-state index contributed by atoms with van der Waals surface area (Å²) in [6.45, 7) is 0.113. The van der Waals surface area contributed by atoms with Gasteiger partial charge in [-0.2, -0.15) is 0 Å². The van der Waals surface area contributed by atoms with E-state index in [-0.39, 0.29) is 23.1 Å². The maximum atomic E-state index is 11.6. The fraction of sp³-hybridized carbons (Fsp3) is 0.0769. The summed E-state index contributed by atoms with van der Waals surface area (Å²) in [6, 6.07) is 9.19. The first-order valence-electron chi connectivity index (χ1n) is 5.64. The highest BCUT2D eigenvalue weighted by molar-refractivity contribution is 6.32. The molecular weight excluding hydrogens is 282 g/mol. The molecule has 0 aliphatic heterocycles. The zero-order chi connectivity index (χ0) is 14.4. The van der Waals surface area contributed by atoms with E-state index in [4.69, 9.17) is 16.3 Å². The molecule has 20 heavy (non-hydrogen) atoms. The molecule has 0 atom stereocenters. The predicted molar refractivity (Wildman–Crippen MR) is 72.7 cm³/mol. The first kappa shape index (κ1) is 14.0. The van der Waals surface area contributed by atoms with Crippen molar-refractivity contribution in [1.29, 1.82) is 0 Å². The first-order chi connectivity index (χ1) is 9.70. The van der Waals surface area contributed by atoms with Gasteiger partial charge in [-0.3, -0.25) is 10.1 Å². The van der Waals surface area contributed by atoms with Gasteiger partial charge in [-0.1, -0.05) is 41.9 Å². The van der Waals surface area contributed by atoms with Crippen molar-refractivity contribution < 1.29 is 14.3 Å². The Morgan fingerprint density at radius 3 is 2.75 bits per heavy atom. The monoisotopic (exact) mass is 291 g/mol. The molecule has 0 radical (unpaired) electrons. The number of nitrogens with one attached hydrogen (secondary N) is 1. The van der Waals surface area contributed by atoms with Crippen molar-refractivity contribution in [3.63, 3.8) is 0 Å². The van der Waals surface area contributed by atoms with E-state index in [1.54, 1.807) is 0 Å². The molecule has 7 heteroatoms. The summed E-state index contributed by atoms with van der Waals surface area (Å²) in [5.41, 5.74) is 0.852. The highest BCUT2D eigenvalue weighted by Crippen LogP contribution is 2.17. The summed E-state index contributed by atoms with van der Waals surface area (Å²) in [4.78, 5) is 29.9. The minimum absolute atomic E-state index is 0.00540. The number of halogens is 1. The summed E-state index contributed by atoms with van der Waals surface area (Å²) in [5, 5.41) is 2.31. The number of amides is 1. The van der Waals surface area contributed by atoms with E-state index in [9.17, 15) is 9.59 Å². The molecule has 0 aliphatic carbocycles. The molecule has 1 amide bonds. The van der Waals surface area contributed by atoms with Crippen molar-refractivity contribution in [2.45, 2.75) is 6.61 Å². The van der Waals surface area contributed by atoms with Crippen LogP contribution in [0.15, 0.2) is 36.7 Å². The van der Waals surface area contributed by atoms with Crippen LogP contribution in [0.1, 0.15) is 15.9 Å². The molecule has 102 valence electrons. The number of anilines is 1. The van der Waals surface area contributed by atoms with Crippen molar-refractivity contribution in [2.75, 3.05) is 5.32 Å². The lowest BCUT2D eigenvalue weighted by Crippen LogP contribution is -2.16. The van der Waals surface area contributed by atoms with Crippen LogP contribution in [0.2, 0.25) is 5.15 Å². The third-order valence-electron chi connectivity index (χ3n) is 2.39. The van der Waals surface area contributed by atoms with Crippen LogP contribution in [0.25, 0.3) is 0 Å². The van der Waals surface area contributed by atoms with Crippen molar-refractivity contribution >= 4 is 29.8 Å². The third kappa shape index (κ3) is 3.52. The van der Waals surface area contributed by atoms with Crippen LogP contribution in [0, 0.1) is 0 Å². The van der Waals surface area contributed by atoms with Gasteiger partial charge in [0, 0.05) is 0 Å². The number of hydrogen-bond donors (Lipinski definition) is 1. The van der Waals surface area contributed by atoms with Gasteiger partial charge < -0.3 is 4.74 Å². The molecule has 0 aliphatic rings. The predicted octanol–water partition coefficient (Wildman–Crippen LogP) is 2.69. The van der Waals surface area contributed by atoms with Gasteiger partial charge in [-0.25, -0.2) is 14.8 Å². The van der Waals surface area contributed by atoms with Crippen molar-refractivity contribution in [3.8, 4) is 0 Å². The lowest BCUT2D eigenvalue weighted by atomic mass is 10.2. The molecule has 0 bridgehead atoms. The Kier molecular flexibility index (Phi) is 4.62. The fourth-order valence-corrected chi connectivity index (χ4v) is 1.61. The number of carbonyl (C=O) groups excluding carboxylic acids is 2. The molecule has 1 aromatic carbocycles. The van der Waals surface area contributed by atoms with Gasteiger partial charge in [-0.05, 0) is 5.56 Å². The van der Waals surface area contributed by atoms with Gasteiger partial charge in [-0.15, -0.1) is 0 Å². The van der Waals surface area contributed by atoms with E-state index in [2.05, 4.69) is 15.3 Å². The Hall–Kier alpha value is -2.47. The van der Waals surface area contributed by atoms with Gasteiger partial charge in [0.25, 0.3) is 0 Å². The quantitative estimate of drug-likeness (QED) is 0.692. The summed E-state index contributed by atoms with van der Waals surface area (Å²) >= 11 is 5.71. The second-order valence-corrected chi connectivity index (χ2v) is 4.09. The second-order valence-electron chi connectivity index (χ2n) is 3.73. The number of nitrogens with zero attached hydrogens (tertiary/aromatic N) is 2. The van der Waals surface area contributed by atoms with Gasteiger partial charge in [0.2, 0.25) is 0 Å². The largest absolute Gasteiger partial charge is 0.444 e. The van der Waals surface area contributed by atoms with Crippen LogP contribution in [-0.2, 0) is 11.3 Å². The molecule has 1 heterocycles. The SMILES string of the molecule is O=Cc1c(Cl)ncnc1NC(=O)OCc1ccccc1. The van der Waals surface area contributed by atoms with E-state index in [1.165, 1.54) is 0 Å². The molecular formula is C13H10ClN3O3. The lowest BCUT2D eigenvalue weighted by Gasteiger charge is -2.08. The van der Waals surface area contributed by atoms with Crippen LogP contribution < -0.4 is 5.32 Å². The molecule has 0 fully saturated rings. The van der Waals surface area contributed by atoms with Crippen LogP contribution in [-0.4, -0.2) is 22.3 Å². The average Bonchev–Trinajstić information content (AvgIpc) is 2.46. The standard InChI is InChI=1S/C13H10ClN3O3/c14-11-10(6-18)12(16-8-15-11)17-13(19)20-7-9-4-2-1-3-5-9/h1-6,8H,7H2,(H,15,16,17,19). The van der Waals surface area contributed by atoms with E-state index >= 15 is 0 Å². The van der Waals surface area contributed by atoms with Crippen LogP contribution in [0.5, 0.6) is 0 Å². The Morgan fingerprint density at radius 1 is 1.30 bits per heavy atom. The minimum atomic E-state index is -0.730. The topological polar surface area (TPSA) is 81.2 Å².